The number of hydrogen-bond acceptors (Lipinski definition) is 7. The summed E-state index contributed by atoms with van der Waals surface area (Å²) in [6, 6.07) is 9.26. The maximum Gasteiger partial charge on any atom is 0.339 e. The van der Waals surface area contributed by atoms with E-state index in [-0.39, 0.29) is 12.5 Å². The lowest BCUT2D eigenvalue weighted by atomic mass is 10.2. The van der Waals surface area contributed by atoms with Crippen molar-refractivity contribution >= 4 is 17.3 Å². The van der Waals surface area contributed by atoms with Gasteiger partial charge in [0.15, 0.2) is 6.61 Å². The molecule has 0 amide bonds. The summed E-state index contributed by atoms with van der Waals surface area (Å²) in [6.45, 7) is 6.22. The number of nitrogens with zero attached hydrogens (tertiary/aromatic N) is 2. The average Bonchev–Trinajstić information content (AvgIpc) is 3.20. The summed E-state index contributed by atoms with van der Waals surface area (Å²) >= 11 is 1.56. The van der Waals surface area contributed by atoms with Crippen LogP contribution in [0.5, 0.6) is 5.75 Å². The van der Waals surface area contributed by atoms with E-state index in [1.165, 1.54) is 0 Å². The van der Waals surface area contributed by atoms with E-state index in [1.54, 1.807) is 11.3 Å². The minimum absolute atomic E-state index is 0.0725. The summed E-state index contributed by atoms with van der Waals surface area (Å²) in [6.07, 6.45) is 0. The molecule has 0 atom stereocenters. The van der Waals surface area contributed by atoms with Gasteiger partial charge in [0, 0.05) is 9.75 Å². The van der Waals surface area contributed by atoms with Crippen LogP contribution in [0.25, 0.3) is 11.4 Å². The lowest BCUT2D eigenvalue weighted by Crippen LogP contribution is -2.05. The number of esters is 1. The summed E-state index contributed by atoms with van der Waals surface area (Å²) in [5.41, 5.74) is 1.30. The minimum atomic E-state index is -0.392. The molecule has 1 aromatic carbocycles. The fourth-order valence-electron chi connectivity index (χ4n) is 2.39. The zero-order chi connectivity index (χ0) is 17.8. The molecule has 0 radical (unpaired) electrons. The van der Waals surface area contributed by atoms with Crippen LogP contribution in [0.15, 0.2) is 34.9 Å². The highest BCUT2D eigenvalue weighted by atomic mass is 32.1. The van der Waals surface area contributed by atoms with Crippen LogP contribution < -0.4 is 4.74 Å². The van der Waals surface area contributed by atoms with Crippen LogP contribution in [0.1, 0.15) is 32.9 Å². The molecule has 3 aromatic rings. The van der Waals surface area contributed by atoms with Gasteiger partial charge in [-0.2, -0.15) is 4.98 Å². The number of carbonyl (C=O) groups is 1. The van der Waals surface area contributed by atoms with Crippen LogP contribution in [0.4, 0.5) is 0 Å². The van der Waals surface area contributed by atoms with Crippen LogP contribution in [-0.4, -0.2) is 22.7 Å². The van der Waals surface area contributed by atoms with Crippen molar-refractivity contribution in [3.05, 3.63) is 51.5 Å². The van der Waals surface area contributed by atoms with Gasteiger partial charge in [-0.3, -0.25) is 0 Å². The number of thiophene rings is 1. The third-order valence-electron chi connectivity index (χ3n) is 3.48. The summed E-state index contributed by atoms with van der Waals surface area (Å²) in [5, 5.41) is 3.95. The van der Waals surface area contributed by atoms with Crippen molar-refractivity contribution in [1.29, 1.82) is 0 Å². The van der Waals surface area contributed by atoms with Gasteiger partial charge in [-0.15, -0.1) is 11.3 Å². The van der Waals surface area contributed by atoms with Crippen molar-refractivity contribution in [3.8, 4) is 17.1 Å². The number of aromatic nitrogens is 2. The average molecular weight is 358 g/mol. The van der Waals surface area contributed by atoms with Crippen LogP contribution in [0.3, 0.4) is 0 Å². The molecule has 0 aliphatic heterocycles. The van der Waals surface area contributed by atoms with E-state index < -0.39 is 5.97 Å². The molecular formula is C18H18N2O4S. The van der Waals surface area contributed by atoms with Gasteiger partial charge < -0.3 is 14.0 Å². The first kappa shape index (κ1) is 17.2. The van der Waals surface area contributed by atoms with Gasteiger partial charge in [-0.1, -0.05) is 17.3 Å². The van der Waals surface area contributed by atoms with Crippen molar-refractivity contribution in [2.24, 2.45) is 0 Å². The highest BCUT2D eigenvalue weighted by molar-refractivity contribution is 7.12. The third-order valence-corrected chi connectivity index (χ3v) is 4.45. The lowest BCUT2D eigenvalue weighted by molar-refractivity contribution is 0.0429. The normalized spacial score (nSPS) is 10.7. The molecule has 3 rings (SSSR count). The molecule has 7 heteroatoms. The molecule has 0 saturated carbocycles. The first-order valence-electron chi connectivity index (χ1n) is 7.87. The second kappa shape index (κ2) is 7.48. The Morgan fingerprint density at radius 2 is 2.08 bits per heavy atom. The number of hydrogen-bond donors (Lipinski definition) is 0. The van der Waals surface area contributed by atoms with Crippen molar-refractivity contribution in [2.45, 2.75) is 27.4 Å². The first-order chi connectivity index (χ1) is 12.1. The number of carbonyl (C=O) groups excluding carboxylic acids is 1. The largest absolute Gasteiger partial charge is 0.493 e. The van der Waals surface area contributed by atoms with Crippen LogP contribution in [0.2, 0.25) is 0 Å². The maximum absolute atomic E-state index is 12.1. The highest BCUT2D eigenvalue weighted by Crippen LogP contribution is 2.27. The van der Waals surface area contributed by atoms with E-state index in [1.807, 2.05) is 51.1 Å². The van der Waals surface area contributed by atoms with E-state index in [4.69, 9.17) is 14.0 Å². The fraction of sp³-hybridized carbons (Fsp3) is 0.278. The summed E-state index contributed by atoms with van der Waals surface area (Å²) in [4.78, 5) is 18.4. The third kappa shape index (κ3) is 3.88. The van der Waals surface area contributed by atoms with Gasteiger partial charge in [-0.25, -0.2) is 4.79 Å². The number of ether oxygens (including phenoxy) is 2. The van der Waals surface area contributed by atoms with E-state index in [9.17, 15) is 4.79 Å². The van der Waals surface area contributed by atoms with Crippen LogP contribution in [-0.2, 0) is 11.3 Å². The Hall–Kier alpha value is -2.67. The highest BCUT2D eigenvalue weighted by Gasteiger charge is 2.17. The van der Waals surface area contributed by atoms with Crippen LogP contribution >= 0.6 is 11.3 Å². The Morgan fingerprint density at radius 1 is 1.28 bits per heavy atom. The quantitative estimate of drug-likeness (QED) is 0.616. The second-order valence-corrected chi connectivity index (χ2v) is 6.80. The number of benzene rings is 1. The predicted octanol–water partition coefficient (Wildman–Crippen LogP) is 4.17. The molecule has 2 heterocycles. The summed E-state index contributed by atoms with van der Waals surface area (Å²) < 4.78 is 16.0. The molecule has 6 nitrogen and oxygen atoms in total. The topological polar surface area (TPSA) is 74.5 Å². The molecule has 0 saturated heterocycles. The Balaban J connectivity index is 1.70. The van der Waals surface area contributed by atoms with Gasteiger partial charge in [-0.05, 0) is 39.0 Å². The second-order valence-electron chi connectivity index (χ2n) is 5.34. The Labute approximate surface area is 149 Å². The number of aryl methyl sites for hydroxylation is 2. The van der Waals surface area contributed by atoms with E-state index in [0.29, 0.717) is 23.7 Å². The molecule has 0 spiro atoms. The fourth-order valence-corrected chi connectivity index (χ4v) is 3.31. The van der Waals surface area contributed by atoms with Crippen molar-refractivity contribution < 1.29 is 18.8 Å². The van der Waals surface area contributed by atoms with E-state index in [2.05, 4.69) is 10.1 Å². The maximum atomic E-state index is 12.1. The molecule has 130 valence electrons. The molecular weight excluding hydrogens is 340 g/mol. The monoisotopic (exact) mass is 358 g/mol. The van der Waals surface area contributed by atoms with Gasteiger partial charge in [0.05, 0.1) is 17.7 Å². The Morgan fingerprint density at radius 3 is 2.80 bits per heavy atom. The van der Waals surface area contributed by atoms with Gasteiger partial charge in [0.25, 0.3) is 5.89 Å². The van der Waals surface area contributed by atoms with Gasteiger partial charge in [0.2, 0.25) is 5.82 Å². The number of para-hydroxylation sites is 1. The zero-order valence-corrected chi connectivity index (χ0v) is 15.1. The molecule has 0 unspecified atom stereocenters. The Kier molecular flexibility index (Phi) is 5.14. The number of rotatable bonds is 6. The SMILES string of the molecule is CCOc1ccccc1-c1noc(COC(=O)c2cc(C)sc2C)n1. The zero-order valence-electron chi connectivity index (χ0n) is 14.2. The van der Waals surface area contributed by atoms with Crippen molar-refractivity contribution in [3.63, 3.8) is 0 Å². The van der Waals surface area contributed by atoms with Crippen molar-refractivity contribution in [2.75, 3.05) is 6.61 Å². The standard InChI is InChI=1S/C18H18N2O4S/c1-4-22-15-8-6-5-7-13(15)17-19-16(24-20-17)10-23-18(21)14-9-11(2)25-12(14)3/h5-9H,4,10H2,1-3H3. The van der Waals surface area contributed by atoms with Crippen LogP contribution in [0, 0.1) is 13.8 Å². The summed E-state index contributed by atoms with van der Waals surface area (Å²) in [5.74, 6) is 0.923. The molecule has 0 bridgehead atoms. The predicted molar refractivity (Wildman–Crippen MR) is 93.8 cm³/mol. The molecule has 0 aliphatic rings. The molecule has 0 N–H and O–H groups in total. The molecule has 2 aromatic heterocycles. The van der Waals surface area contributed by atoms with E-state index in [0.717, 1.165) is 15.3 Å². The Bertz CT molecular complexity index is 885. The van der Waals surface area contributed by atoms with E-state index >= 15 is 0 Å². The van der Waals surface area contributed by atoms with Gasteiger partial charge >= 0.3 is 5.97 Å². The minimum Gasteiger partial charge on any atom is -0.493 e. The molecule has 25 heavy (non-hydrogen) atoms. The van der Waals surface area contributed by atoms with Gasteiger partial charge in [0.1, 0.15) is 5.75 Å². The first-order valence-corrected chi connectivity index (χ1v) is 8.69. The molecule has 0 aliphatic carbocycles. The molecule has 0 fully saturated rings. The summed E-state index contributed by atoms with van der Waals surface area (Å²) in [7, 11) is 0. The lowest BCUT2D eigenvalue weighted by Gasteiger charge is -2.06. The smallest absolute Gasteiger partial charge is 0.339 e. The van der Waals surface area contributed by atoms with Crippen molar-refractivity contribution in [1.82, 2.24) is 10.1 Å².